The van der Waals surface area contributed by atoms with Crippen molar-refractivity contribution in [1.82, 2.24) is 0 Å². The van der Waals surface area contributed by atoms with E-state index < -0.39 is 18.6 Å². The van der Waals surface area contributed by atoms with Crippen LogP contribution < -0.4 is 5.73 Å². The Hall–Kier alpha value is -0.580. The topological polar surface area (TPSA) is 43.1 Å². The second kappa shape index (κ2) is 5.34. The monoisotopic (exact) mass is 211 g/mol. The normalized spacial score (nSPS) is 14.5. The van der Waals surface area contributed by atoms with E-state index in [9.17, 15) is 18.0 Å². The van der Waals surface area contributed by atoms with Crippen LogP contribution in [0.4, 0.5) is 13.2 Å². The van der Waals surface area contributed by atoms with Crippen LogP contribution in [-0.2, 0) is 4.79 Å². The van der Waals surface area contributed by atoms with Gasteiger partial charge in [-0.15, -0.1) is 0 Å². The summed E-state index contributed by atoms with van der Waals surface area (Å²) in [6.07, 6.45) is -5.34. The van der Waals surface area contributed by atoms with Crippen molar-refractivity contribution in [2.45, 2.75) is 45.3 Å². The number of halogens is 3. The van der Waals surface area contributed by atoms with E-state index in [1.54, 1.807) is 13.8 Å². The molecule has 0 saturated heterocycles. The Kier molecular flexibility index (Phi) is 5.12. The van der Waals surface area contributed by atoms with E-state index >= 15 is 0 Å². The highest BCUT2D eigenvalue weighted by molar-refractivity contribution is 5.83. The number of nitrogens with two attached hydrogens (primary N) is 1. The number of hydrogen-bond acceptors (Lipinski definition) is 2. The van der Waals surface area contributed by atoms with Crippen molar-refractivity contribution in [3.63, 3.8) is 0 Å². The predicted molar refractivity (Wildman–Crippen MR) is 47.7 cm³/mol. The van der Waals surface area contributed by atoms with Crippen molar-refractivity contribution in [3.05, 3.63) is 0 Å². The van der Waals surface area contributed by atoms with E-state index in [0.29, 0.717) is 0 Å². The van der Waals surface area contributed by atoms with Crippen LogP contribution in [0.1, 0.15) is 33.1 Å². The third kappa shape index (κ3) is 5.96. The maximum absolute atomic E-state index is 11.7. The molecule has 0 aliphatic heterocycles. The van der Waals surface area contributed by atoms with Crippen molar-refractivity contribution in [1.29, 1.82) is 0 Å². The van der Waals surface area contributed by atoms with Crippen molar-refractivity contribution in [3.8, 4) is 0 Å². The molecule has 2 N–H and O–H groups in total. The SMILES string of the molecule is CC(C)C(N)C(=O)CCCC(F)(F)F. The van der Waals surface area contributed by atoms with E-state index in [2.05, 4.69) is 0 Å². The lowest BCUT2D eigenvalue weighted by molar-refractivity contribution is -0.137. The Balaban J connectivity index is 3.75. The van der Waals surface area contributed by atoms with Crippen molar-refractivity contribution in [2.75, 3.05) is 0 Å². The lowest BCUT2D eigenvalue weighted by Gasteiger charge is -2.14. The number of Topliss-reactive ketones (excluding diaryl/α,β-unsaturated/α-hetero) is 1. The smallest absolute Gasteiger partial charge is 0.321 e. The fourth-order valence-electron chi connectivity index (χ4n) is 1.00. The van der Waals surface area contributed by atoms with Gasteiger partial charge in [0, 0.05) is 12.8 Å². The molecule has 84 valence electrons. The van der Waals surface area contributed by atoms with E-state index in [-0.39, 0.29) is 24.5 Å². The second-order valence-electron chi connectivity index (χ2n) is 3.70. The van der Waals surface area contributed by atoms with Crippen molar-refractivity contribution >= 4 is 5.78 Å². The van der Waals surface area contributed by atoms with Crippen molar-refractivity contribution < 1.29 is 18.0 Å². The lowest BCUT2D eigenvalue weighted by atomic mass is 9.97. The summed E-state index contributed by atoms with van der Waals surface area (Å²) in [6.45, 7) is 3.54. The van der Waals surface area contributed by atoms with Gasteiger partial charge < -0.3 is 5.73 Å². The number of rotatable bonds is 5. The van der Waals surface area contributed by atoms with E-state index in [0.717, 1.165) is 0 Å². The minimum absolute atomic E-state index is 0.0200. The van der Waals surface area contributed by atoms with Gasteiger partial charge in [-0.1, -0.05) is 13.8 Å². The molecule has 0 aliphatic carbocycles. The molecular formula is C9H16F3NO. The van der Waals surface area contributed by atoms with Crippen LogP contribution in [0.25, 0.3) is 0 Å². The third-order valence-electron chi connectivity index (χ3n) is 1.97. The predicted octanol–water partition coefficient (Wildman–Crippen LogP) is 2.27. The molecule has 0 saturated carbocycles. The minimum atomic E-state index is -4.18. The van der Waals surface area contributed by atoms with Gasteiger partial charge in [0.2, 0.25) is 0 Å². The Morgan fingerprint density at radius 2 is 1.86 bits per heavy atom. The zero-order valence-corrected chi connectivity index (χ0v) is 8.40. The van der Waals surface area contributed by atoms with Gasteiger partial charge in [-0.25, -0.2) is 0 Å². The van der Waals surface area contributed by atoms with Gasteiger partial charge in [-0.3, -0.25) is 4.79 Å². The summed E-state index contributed by atoms with van der Waals surface area (Å²) in [5.41, 5.74) is 5.48. The van der Waals surface area contributed by atoms with Gasteiger partial charge >= 0.3 is 6.18 Å². The first-order chi connectivity index (χ1) is 6.24. The average molecular weight is 211 g/mol. The molecule has 0 aromatic rings. The molecule has 0 radical (unpaired) electrons. The molecule has 1 unspecified atom stereocenters. The fraction of sp³-hybridized carbons (Fsp3) is 0.889. The fourth-order valence-corrected chi connectivity index (χ4v) is 1.00. The molecule has 0 amide bonds. The molecule has 0 spiro atoms. The van der Waals surface area contributed by atoms with Gasteiger partial charge in [0.25, 0.3) is 0 Å². The average Bonchev–Trinajstić information content (AvgIpc) is 2.00. The molecule has 0 bridgehead atoms. The second-order valence-corrected chi connectivity index (χ2v) is 3.70. The molecule has 14 heavy (non-hydrogen) atoms. The summed E-state index contributed by atoms with van der Waals surface area (Å²) < 4.78 is 35.2. The van der Waals surface area contributed by atoms with Crippen LogP contribution in [0.5, 0.6) is 0 Å². The number of carbonyl (C=O) groups is 1. The van der Waals surface area contributed by atoms with E-state index in [1.807, 2.05) is 0 Å². The van der Waals surface area contributed by atoms with Crippen LogP contribution in [0.15, 0.2) is 0 Å². The van der Waals surface area contributed by atoms with E-state index in [1.165, 1.54) is 0 Å². The summed E-state index contributed by atoms with van der Waals surface area (Å²) >= 11 is 0. The highest BCUT2D eigenvalue weighted by Gasteiger charge is 2.27. The maximum atomic E-state index is 11.7. The summed E-state index contributed by atoms with van der Waals surface area (Å²) in [5, 5.41) is 0. The summed E-state index contributed by atoms with van der Waals surface area (Å²) in [5.74, 6) is -0.308. The first kappa shape index (κ1) is 13.4. The summed E-state index contributed by atoms with van der Waals surface area (Å²) in [4.78, 5) is 11.2. The third-order valence-corrected chi connectivity index (χ3v) is 1.97. The molecular weight excluding hydrogens is 195 g/mol. The molecule has 0 rings (SSSR count). The summed E-state index contributed by atoms with van der Waals surface area (Å²) in [7, 11) is 0. The first-order valence-electron chi connectivity index (χ1n) is 4.59. The Bertz CT molecular complexity index is 189. The van der Waals surface area contributed by atoms with E-state index in [4.69, 9.17) is 5.73 Å². The molecule has 1 atom stereocenters. The standard InChI is InChI=1S/C9H16F3NO/c1-6(2)8(13)7(14)4-3-5-9(10,11)12/h6,8H,3-5,13H2,1-2H3. The molecule has 0 aromatic carbocycles. The first-order valence-corrected chi connectivity index (χ1v) is 4.59. The van der Waals surface area contributed by atoms with Crippen LogP contribution in [-0.4, -0.2) is 18.0 Å². The largest absolute Gasteiger partial charge is 0.389 e. The number of ketones is 1. The van der Waals surface area contributed by atoms with Crippen LogP contribution in [0, 0.1) is 5.92 Å². The lowest BCUT2D eigenvalue weighted by Crippen LogP contribution is -2.35. The Morgan fingerprint density at radius 1 is 1.36 bits per heavy atom. The Labute approximate surface area is 81.7 Å². The van der Waals surface area contributed by atoms with Gasteiger partial charge in [-0.05, 0) is 12.3 Å². The molecule has 0 heterocycles. The number of hydrogen-bond donors (Lipinski definition) is 1. The van der Waals surface area contributed by atoms with Crippen LogP contribution in [0.3, 0.4) is 0 Å². The van der Waals surface area contributed by atoms with Crippen LogP contribution >= 0.6 is 0 Å². The highest BCUT2D eigenvalue weighted by Crippen LogP contribution is 2.22. The highest BCUT2D eigenvalue weighted by atomic mass is 19.4. The zero-order valence-electron chi connectivity index (χ0n) is 8.40. The van der Waals surface area contributed by atoms with Gasteiger partial charge in [-0.2, -0.15) is 13.2 Å². The number of carbonyl (C=O) groups excluding carboxylic acids is 1. The van der Waals surface area contributed by atoms with Crippen molar-refractivity contribution in [2.24, 2.45) is 11.7 Å². The molecule has 5 heteroatoms. The van der Waals surface area contributed by atoms with Gasteiger partial charge in [0.05, 0.1) is 6.04 Å². The van der Waals surface area contributed by atoms with Gasteiger partial charge in [0.15, 0.2) is 0 Å². The molecule has 0 aliphatic rings. The van der Waals surface area contributed by atoms with Gasteiger partial charge in [0.1, 0.15) is 5.78 Å². The Morgan fingerprint density at radius 3 is 2.21 bits per heavy atom. The zero-order chi connectivity index (χ0) is 11.4. The minimum Gasteiger partial charge on any atom is -0.321 e. The maximum Gasteiger partial charge on any atom is 0.389 e. The molecule has 2 nitrogen and oxygen atoms in total. The molecule has 0 aromatic heterocycles. The van der Waals surface area contributed by atoms with Crippen LogP contribution in [0.2, 0.25) is 0 Å². The quantitative estimate of drug-likeness (QED) is 0.758. The summed E-state index contributed by atoms with van der Waals surface area (Å²) in [6, 6.07) is -0.636. The number of alkyl halides is 3. The molecule has 0 fully saturated rings.